The van der Waals surface area contributed by atoms with E-state index in [0.29, 0.717) is 12.5 Å². The Morgan fingerprint density at radius 2 is 2.08 bits per heavy atom. The van der Waals surface area contributed by atoms with Crippen molar-refractivity contribution in [2.24, 2.45) is 0 Å². The Morgan fingerprint density at radius 1 is 1.29 bits per heavy atom. The van der Waals surface area contributed by atoms with Crippen molar-refractivity contribution >= 4 is 17.3 Å². The molecule has 2 heterocycles. The van der Waals surface area contributed by atoms with Gasteiger partial charge in [0.1, 0.15) is 11.4 Å². The highest BCUT2D eigenvalue weighted by Gasteiger charge is 2.33. The van der Waals surface area contributed by atoms with Crippen LogP contribution in [0, 0.1) is 6.92 Å². The molecule has 1 aliphatic heterocycles. The van der Waals surface area contributed by atoms with Crippen molar-refractivity contribution in [1.82, 2.24) is 10.1 Å². The first-order chi connectivity index (χ1) is 11.7. The fourth-order valence-corrected chi connectivity index (χ4v) is 3.13. The van der Waals surface area contributed by atoms with Crippen molar-refractivity contribution in [2.75, 3.05) is 18.4 Å². The first-order valence-corrected chi connectivity index (χ1v) is 8.49. The zero-order chi connectivity index (χ0) is 16.5. The molecule has 0 unspecified atom stereocenters. The Kier molecular flexibility index (Phi) is 3.84. The molecule has 1 aromatic heterocycles. The van der Waals surface area contributed by atoms with Gasteiger partial charge in [-0.15, -0.1) is 0 Å². The van der Waals surface area contributed by atoms with Gasteiger partial charge in [-0.1, -0.05) is 41.6 Å². The molecule has 0 bridgehead atoms. The lowest BCUT2D eigenvalue weighted by molar-refractivity contribution is 0.217. The second-order valence-corrected chi connectivity index (χ2v) is 6.52. The van der Waals surface area contributed by atoms with Crippen molar-refractivity contribution in [1.29, 1.82) is 0 Å². The third-order valence-corrected chi connectivity index (χ3v) is 4.65. The van der Waals surface area contributed by atoms with Gasteiger partial charge in [-0.05, 0) is 37.3 Å². The van der Waals surface area contributed by atoms with Gasteiger partial charge in [-0.25, -0.2) is 4.79 Å². The van der Waals surface area contributed by atoms with Crippen LogP contribution in [0.3, 0.4) is 0 Å². The number of nitrogens with zero attached hydrogens (tertiary/aromatic N) is 2. The summed E-state index contributed by atoms with van der Waals surface area (Å²) >= 11 is 0. The molecule has 1 aliphatic carbocycles. The number of hydrogen-bond acceptors (Lipinski definition) is 3. The summed E-state index contributed by atoms with van der Waals surface area (Å²) in [6.07, 6.45) is 5.32. The molecule has 1 aromatic carbocycles. The van der Waals surface area contributed by atoms with Gasteiger partial charge in [0.2, 0.25) is 0 Å². The van der Waals surface area contributed by atoms with E-state index in [0.717, 1.165) is 42.9 Å². The fraction of sp³-hybridized carbons (Fsp3) is 0.368. The molecule has 4 rings (SSSR count). The van der Waals surface area contributed by atoms with E-state index in [9.17, 15) is 4.79 Å². The maximum absolute atomic E-state index is 12.7. The summed E-state index contributed by atoms with van der Waals surface area (Å²) in [4.78, 5) is 14.6. The Balaban J connectivity index is 1.48. The summed E-state index contributed by atoms with van der Waals surface area (Å²) < 4.78 is 5.40. The number of aryl methyl sites for hydroxylation is 1. The van der Waals surface area contributed by atoms with Crippen LogP contribution in [0.25, 0.3) is 5.57 Å². The number of urea groups is 1. The van der Waals surface area contributed by atoms with E-state index in [4.69, 9.17) is 4.52 Å². The molecule has 2 aromatic rings. The Bertz CT molecular complexity index is 775. The molecule has 0 radical (unpaired) electrons. The summed E-state index contributed by atoms with van der Waals surface area (Å²) in [5.41, 5.74) is 3.88. The first-order valence-electron chi connectivity index (χ1n) is 8.49. The van der Waals surface area contributed by atoms with Gasteiger partial charge in [0.05, 0.1) is 0 Å². The summed E-state index contributed by atoms with van der Waals surface area (Å²) in [5.74, 6) is 1.25. The van der Waals surface area contributed by atoms with Crippen molar-refractivity contribution in [3.8, 4) is 0 Å². The number of carbonyl (C=O) groups excluding carboxylic acids is 1. The monoisotopic (exact) mass is 323 g/mol. The van der Waals surface area contributed by atoms with Crippen molar-refractivity contribution in [3.63, 3.8) is 0 Å². The molecule has 0 atom stereocenters. The van der Waals surface area contributed by atoms with Crippen LogP contribution in [-0.4, -0.2) is 29.2 Å². The largest absolute Gasteiger partial charge is 0.359 e. The van der Waals surface area contributed by atoms with Crippen LogP contribution < -0.4 is 5.32 Å². The number of aromatic nitrogens is 1. The minimum absolute atomic E-state index is 0.0790. The minimum Gasteiger partial charge on any atom is -0.359 e. The molecular weight excluding hydrogens is 302 g/mol. The molecule has 5 nitrogen and oxygen atoms in total. The molecule has 0 spiro atoms. The predicted molar refractivity (Wildman–Crippen MR) is 92.8 cm³/mol. The number of hydrogen-bond donors (Lipinski definition) is 1. The van der Waals surface area contributed by atoms with Gasteiger partial charge >= 0.3 is 6.03 Å². The molecule has 1 N–H and O–H groups in total. The SMILES string of the molecule is Cc1noc(C2CC2)c1NC(=O)N1CCC=C(c2ccccc2)C1. The first kappa shape index (κ1) is 15.0. The smallest absolute Gasteiger partial charge is 0.322 e. The van der Waals surface area contributed by atoms with Gasteiger partial charge in [0.15, 0.2) is 5.76 Å². The number of rotatable bonds is 3. The lowest BCUT2D eigenvalue weighted by Gasteiger charge is -2.27. The summed E-state index contributed by atoms with van der Waals surface area (Å²) in [6.45, 7) is 3.22. The second-order valence-electron chi connectivity index (χ2n) is 6.52. The second kappa shape index (κ2) is 6.15. The lowest BCUT2D eigenvalue weighted by Crippen LogP contribution is -2.38. The number of amides is 2. The molecule has 24 heavy (non-hydrogen) atoms. The predicted octanol–water partition coefficient (Wildman–Crippen LogP) is 4.18. The van der Waals surface area contributed by atoms with E-state index in [1.165, 1.54) is 11.1 Å². The third-order valence-electron chi connectivity index (χ3n) is 4.65. The van der Waals surface area contributed by atoms with E-state index in [1.807, 2.05) is 30.0 Å². The Morgan fingerprint density at radius 3 is 2.83 bits per heavy atom. The van der Waals surface area contributed by atoms with Gasteiger partial charge in [0, 0.05) is 19.0 Å². The van der Waals surface area contributed by atoms with E-state index < -0.39 is 0 Å². The van der Waals surface area contributed by atoms with E-state index >= 15 is 0 Å². The average molecular weight is 323 g/mol. The zero-order valence-corrected chi connectivity index (χ0v) is 13.8. The van der Waals surface area contributed by atoms with E-state index in [-0.39, 0.29) is 6.03 Å². The summed E-state index contributed by atoms with van der Waals surface area (Å²) in [7, 11) is 0. The topological polar surface area (TPSA) is 58.4 Å². The van der Waals surface area contributed by atoms with Crippen LogP contribution in [0.5, 0.6) is 0 Å². The maximum atomic E-state index is 12.7. The zero-order valence-electron chi connectivity index (χ0n) is 13.8. The van der Waals surface area contributed by atoms with E-state index in [2.05, 4.69) is 28.7 Å². The highest BCUT2D eigenvalue weighted by atomic mass is 16.5. The molecule has 5 heteroatoms. The fourth-order valence-electron chi connectivity index (χ4n) is 3.13. The van der Waals surface area contributed by atoms with Gasteiger partial charge in [-0.2, -0.15) is 0 Å². The normalized spacial score (nSPS) is 17.5. The molecule has 1 fully saturated rings. The van der Waals surface area contributed by atoms with Crippen molar-refractivity contribution < 1.29 is 9.32 Å². The quantitative estimate of drug-likeness (QED) is 0.921. The molecule has 0 saturated heterocycles. The highest BCUT2D eigenvalue weighted by Crippen LogP contribution is 2.44. The number of nitrogens with one attached hydrogen (secondary N) is 1. The molecule has 124 valence electrons. The third kappa shape index (κ3) is 2.94. The highest BCUT2D eigenvalue weighted by molar-refractivity contribution is 5.92. The van der Waals surface area contributed by atoms with Gasteiger partial charge < -0.3 is 14.7 Å². The van der Waals surface area contributed by atoms with Gasteiger partial charge in [0.25, 0.3) is 0 Å². The Hall–Kier alpha value is -2.56. The molecule has 2 aliphatic rings. The lowest BCUT2D eigenvalue weighted by atomic mass is 10.0. The van der Waals surface area contributed by atoms with Crippen LogP contribution in [0.4, 0.5) is 10.5 Å². The van der Waals surface area contributed by atoms with E-state index in [1.54, 1.807) is 0 Å². The molecular formula is C19H21N3O2. The van der Waals surface area contributed by atoms with Crippen molar-refractivity contribution in [2.45, 2.75) is 32.1 Å². The minimum atomic E-state index is -0.0790. The number of anilines is 1. The Labute approximate surface area is 141 Å². The van der Waals surface area contributed by atoms with Crippen LogP contribution in [0.15, 0.2) is 40.9 Å². The molecule has 1 saturated carbocycles. The van der Waals surface area contributed by atoms with Crippen LogP contribution in [0.1, 0.15) is 42.2 Å². The average Bonchev–Trinajstić information content (AvgIpc) is 3.41. The van der Waals surface area contributed by atoms with Crippen molar-refractivity contribution in [3.05, 3.63) is 53.4 Å². The number of benzene rings is 1. The van der Waals surface area contributed by atoms with Crippen LogP contribution in [-0.2, 0) is 0 Å². The summed E-state index contributed by atoms with van der Waals surface area (Å²) in [6, 6.07) is 10.1. The molecule has 2 amide bonds. The summed E-state index contributed by atoms with van der Waals surface area (Å²) in [5, 5.41) is 7.04. The van der Waals surface area contributed by atoms with Gasteiger partial charge in [-0.3, -0.25) is 0 Å². The maximum Gasteiger partial charge on any atom is 0.322 e. The van der Waals surface area contributed by atoms with Crippen LogP contribution >= 0.6 is 0 Å². The number of carbonyl (C=O) groups is 1. The van der Waals surface area contributed by atoms with Crippen LogP contribution in [0.2, 0.25) is 0 Å². The standard InChI is InChI=1S/C19H21N3O2/c1-13-17(18(24-21-13)15-9-10-15)20-19(23)22-11-5-8-16(12-22)14-6-3-2-4-7-14/h2-4,6-8,15H,5,9-12H2,1H3,(H,20,23).